The molecule has 0 unspecified atom stereocenters. The molecule has 3 heteroatoms. The first-order valence-electron chi connectivity index (χ1n) is 6.23. The van der Waals surface area contributed by atoms with Gasteiger partial charge in [0.15, 0.2) is 0 Å². The number of carbonyl (C=O) groups is 1. The van der Waals surface area contributed by atoms with E-state index >= 15 is 0 Å². The molecule has 0 fully saturated rings. The molecule has 0 atom stereocenters. The van der Waals surface area contributed by atoms with Crippen LogP contribution in [0.25, 0.3) is 0 Å². The van der Waals surface area contributed by atoms with Gasteiger partial charge in [0.05, 0.1) is 5.56 Å². The Labute approximate surface area is 112 Å². The Morgan fingerprint density at radius 1 is 1.16 bits per heavy atom. The Kier molecular flexibility index (Phi) is 3.65. The average Bonchev–Trinajstić information content (AvgIpc) is 2.39. The Hall–Kier alpha value is -2.16. The molecule has 0 aliphatic carbocycles. The second-order valence-electron chi connectivity index (χ2n) is 5.26. The maximum absolute atomic E-state index is 10.8. The highest BCUT2D eigenvalue weighted by atomic mass is 16.4. The van der Waals surface area contributed by atoms with Crippen molar-refractivity contribution in [3.63, 3.8) is 0 Å². The van der Waals surface area contributed by atoms with Crippen molar-refractivity contribution in [1.29, 1.82) is 0 Å². The number of hydrogen-bond acceptors (Lipinski definition) is 2. The quantitative estimate of drug-likeness (QED) is 0.912. The van der Waals surface area contributed by atoms with E-state index in [9.17, 15) is 4.79 Å². The van der Waals surface area contributed by atoms with Crippen LogP contribution in [-0.4, -0.2) is 16.1 Å². The first kappa shape index (κ1) is 13.3. The van der Waals surface area contributed by atoms with Gasteiger partial charge in [0.25, 0.3) is 0 Å². The molecule has 0 saturated carbocycles. The van der Waals surface area contributed by atoms with Crippen molar-refractivity contribution >= 4 is 5.97 Å². The summed E-state index contributed by atoms with van der Waals surface area (Å²) in [6, 6.07) is 13.0. The molecule has 98 valence electrons. The normalized spacial score (nSPS) is 11.3. The molecular formula is C16H17NO2. The molecule has 0 aliphatic rings. The molecule has 1 aromatic carbocycles. The number of rotatable bonds is 4. The lowest BCUT2D eigenvalue weighted by atomic mass is 9.80. The molecule has 0 radical (unpaired) electrons. The van der Waals surface area contributed by atoms with Crippen LogP contribution in [0.5, 0.6) is 0 Å². The summed E-state index contributed by atoms with van der Waals surface area (Å²) in [4.78, 5) is 15.2. The molecule has 1 heterocycles. The lowest BCUT2D eigenvalue weighted by molar-refractivity contribution is 0.0697. The van der Waals surface area contributed by atoms with Crippen LogP contribution in [0.3, 0.4) is 0 Å². The third-order valence-corrected chi connectivity index (χ3v) is 3.26. The Balaban J connectivity index is 2.21. The molecule has 0 aliphatic heterocycles. The van der Waals surface area contributed by atoms with E-state index in [1.165, 1.54) is 0 Å². The van der Waals surface area contributed by atoms with E-state index in [2.05, 4.69) is 18.8 Å². The van der Waals surface area contributed by atoms with Crippen LogP contribution in [0.15, 0.2) is 48.7 Å². The minimum atomic E-state index is -0.894. The predicted octanol–water partition coefficient (Wildman–Crippen LogP) is 3.30. The van der Waals surface area contributed by atoms with Gasteiger partial charge in [-0.15, -0.1) is 0 Å². The molecule has 3 nitrogen and oxygen atoms in total. The summed E-state index contributed by atoms with van der Waals surface area (Å²) in [5.74, 6) is -0.894. The minimum Gasteiger partial charge on any atom is -0.478 e. The van der Waals surface area contributed by atoms with Gasteiger partial charge in [-0.3, -0.25) is 4.98 Å². The second kappa shape index (κ2) is 5.22. The highest BCUT2D eigenvalue weighted by molar-refractivity contribution is 5.87. The van der Waals surface area contributed by atoms with Gasteiger partial charge in [0.1, 0.15) is 0 Å². The molecule has 1 aromatic heterocycles. The first-order chi connectivity index (χ1) is 8.99. The zero-order valence-corrected chi connectivity index (χ0v) is 11.1. The van der Waals surface area contributed by atoms with Gasteiger partial charge in [0, 0.05) is 11.9 Å². The van der Waals surface area contributed by atoms with Gasteiger partial charge < -0.3 is 5.11 Å². The lowest BCUT2D eigenvalue weighted by Gasteiger charge is -2.25. The number of carboxylic acid groups (broad SMARTS) is 1. The van der Waals surface area contributed by atoms with E-state index in [4.69, 9.17) is 5.11 Å². The average molecular weight is 255 g/mol. The monoisotopic (exact) mass is 255 g/mol. The van der Waals surface area contributed by atoms with E-state index in [0.29, 0.717) is 5.56 Å². The Morgan fingerprint density at radius 2 is 1.84 bits per heavy atom. The topological polar surface area (TPSA) is 50.2 Å². The molecule has 0 amide bonds. The van der Waals surface area contributed by atoms with Gasteiger partial charge in [-0.2, -0.15) is 0 Å². The number of pyridine rings is 1. The van der Waals surface area contributed by atoms with Crippen molar-refractivity contribution in [1.82, 2.24) is 4.98 Å². The number of hydrogen-bond donors (Lipinski definition) is 1. The second-order valence-corrected chi connectivity index (χ2v) is 5.26. The van der Waals surface area contributed by atoms with Crippen molar-refractivity contribution < 1.29 is 9.90 Å². The number of carboxylic acids is 1. The van der Waals surface area contributed by atoms with Crippen molar-refractivity contribution in [2.75, 3.05) is 0 Å². The fourth-order valence-electron chi connectivity index (χ4n) is 2.12. The van der Waals surface area contributed by atoms with Crippen LogP contribution in [0.1, 0.15) is 35.5 Å². The van der Waals surface area contributed by atoms with Gasteiger partial charge in [-0.05, 0) is 41.7 Å². The largest absolute Gasteiger partial charge is 0.478 e. The molecule has 0 spiro atoms. The number of nitrogens with zero attached hydrogens (tertiary/aromatic N) is 1. The van der Waals surface area contributed by atoms with Crippen molar-refractivity contribution in [2.45, 2.75) is 25.7 Å². The molecule has 0 bridgehead atoms. The van der Waals surface area contributed by atoms with E-state index in [1.807, 2.05) is 30.3 Å². The van der Waals surface area contributed by atoms with Crippen molar-refractivity contribution in [3.05, 3.63) is 65.5 Å². The minimum absolute atomic E-state index is 0.0780. The molecule has 1 N–H and O–H groups in total. The zero-order chi connectivity index (χ0) is 13.9. The van der Waals surface area contributed by atoms with Crippen molar-refractivity contribution in [2.24, 2.45) is 0 Å². The molecule has 2 aromatic rings. The van der Waals surface area contributed by atoms with Gasteiger partial charge in [-0.1, -0.05) is 32.0 Å². The van der Waals surface area contributed by atoms with Gasteiger partial charge >= 0.3 is 5.97 Å². The summed E-state index contributed by atoms with van der Waals surface area (Å²) in [5, 5.41) is 8.90. The maximum atomic E-state index is 10.8. The highest BCUT2D eigenvalue weighted by Crippen LogP contribution is 2.27. The third-order valence-electron chi connectivity index (χ3n) is 3.26. The van der Waals surface area contributed by atoms with Crippen LogP contribution >= 0.6 is 0 Å². The predicted molar refractivity (Wildman–Crippen MR) is 74.4 cm³/mol. The summed E-state index contributed by atoms with van der Waals surface area (Å²) < 4.78 is 0. The summed E-state index contributed by atoms with van der Waals surface area (Å²) in [5.41, 5.74) is 2.39. The first-order valence-corrected chi connectivity index (χ1v) is 6.23. The molecule has 19 heavy (non-hydrogen) atoms. The molecule has 2 rings (SSSR count). The fraction of sp³-hybridized carbons (Fsp3) is 0.250. The van der Waals surface area contributed by atoms with Crippen LogP contribution in [0.4, 0.5) is 0 Å². The zero-order valence-electron chi connectivity index (χ0n) is 11.1. The SMILES string of the molecule is CC(C)(Cc1ccccn1)c1ccc(C(=O)O)cc1. The van der Waals surface area contributed by atoms with Crippen LogP contribution in [-0.2, 0) is 11.8 Å². The van der Waals surface area contributed by atoms with Crippen LogP contribution in [0.2, 0.25) is 0 Å². The van der Waals surface area contributed by atoms with Gasteiger partial charge in [0.2, 0.25) is 0 Å². The van der Waals surface area contributed by atoms with E-state index < -0.39 is 5.97 Å². The third kappa shape index (κ3) is 3.19. The molecule has 0 saturated heterocycles. The number of benzene rings is 1. The maximum Gasteiger partial charge on any atom is 0.335 e. The number of aromatic nitrogens is 1. The standard InChI is InChI=1S/C16H17NO2/c1-16(2,11-14-5-3-4-10-17-14)13-8-6-12(7-9-13)15(18)19/h3-10H,11H2,1-2H3,(H,18,19). The fourth-order valence-corrected chi connectivity index (χ4v) is 2.12. The van der Waals surface area contributed by atoms with Crippen LogP contribution < -0.4 is 0 Å². The number of aromatic carboxylic acids is 1. The van der Waals surface area contributed by atoms with Crippen LogP contribution in [0, 0.1) is 0 Å². The summed E-state index contributed by atoms with van der Waals surface area (Å²) in [7, 11) is 0. The van der Waals surface area contributed by atoms with E-state index in [1.54, 1.807) is 18.3 Å². The smallest absolute Gasteiger partial charge is 0.335 e. The Morgan fingerprint density at radius 3 is 2.37 bits per heavy atom. The van der Waals surface area contributed by atoms with E-state index in [0.717, 1.165) is 17.7 Å². The van der Waals surface area contributed by atoms with E-state index in [-0.39, 0.29) is 5.41 Å². The highest BCUT2D eigenvalue weighted by Gasteiger charge is 2.21. The Bertz CT molecular complexity index is 559. The van der Waals surface area contributed by atoms with Crippen molar-refractivity contribution in [3.8, 4) is 0 Å². The lowest BCUT2D eigenvalue weighted by Crippen LogP contribution is -2.21. The summed E-state index contributed by atoms with van der Waals surface area (Å²) in [6.45, 7) is 4.27. The van der Waals surface area contributed by atoms with Gasteiger partial charge in [-0.25, -0.2) is 4.79 Å². The molecular weight excluding hydrogens is 238 g/mol. The summed E-state index contributed by atoms with van der Waals surface area (Å²) in [6.07, 6.45) is 2.61. The summed E-state index contributed by atoms with van der Waals surface area (Å²) >= 11 is 0.